The quantitative estimate of drug-likeness (QED) is 0.846. The predicted molar refractivity (Wildman–Crippen MR) is 87.9 cm³/mol. The standard InChI is InChI=1S/C17H19NO4S/c1-2-23(21,22)15-10-8-13(9-11-15)16(12-19)18-17(20)14-6-4-3-5-7-14/h3-11,16,19H,2,12H2,1H3,(H,18,20)/t16-/m0/s1. The molecule has 1 amide bonds. The van der Waals surface area contributed by atoms with E-state index in [1.165, 1.54) is 12.1 Å². The van der Waals surface area contributed by atoms with Crippen LogP contribution in [0.3, 0.4) is 0 Å². The Morgan fingerprint density at radius 3 is 2.22 bits per heavy atom. The molecule has 0 saturated heterocycles. The first-order valence-corrected chi connectivity index (χ1v) is 8.92. The number of nitrogens with one attached hydrogen (secondary N) is 1. The number of amides is 1. The minimum absolute atomic E-state index is 0.0283. The van der Waals surface area contributed by atoms with Crippen molar-refractivity contribution in [3.05, 3.63) is 65.7 Å². The number of hydrogen-bond donors (Lipinski definition) is 2. The van der Waals surface area contributed by atoms with Crippen LogP contribution in [0.5, 0.6) is 0 Å². The molecule has 0 unspecified atom stereocenters. The number of carbonyl (C=O) groups is 1. The Morgan fingerprint density at radius 1 is 1.09 bits per heavy atom. The summed E-state index contributed by atoms with van der Waals surface area (Å²) in [6, 6.07) is 14.3. The van der Waals surface area contributed by atoms with Crippen molar-refractivity contribution in [2.75, 3.05) is 12.4 Å². The SMILES string of the molecule is CCS(=O)(=O)c1ccc([C@H](CO)NC(=O)c2ccccc2)cc1. The van der Waals surface area contributed by atoms with Gasteiger partial charge in [-0.3, -0.25) is 4.79 Å². The van der Waals surface area contributed by atoms with Crippen LogP contribution in [0, 0.1) is 0 Å². The number of rotatable bonds is 6. The molecule has 0 bridgehead atoms. The number of aliphatic hydroxyl groups excluding tert-OH is 1. The minimum Gasteiger partial charge on any atom is -0.394 e. The maximum Gasteiger partial charge on any atom is 0.251 e. The van der Waals surface area contributed by atoms with Crippen LogP contribution in [-0.4, -0.2) is 31.8 Å². The van der Waals surface area contributed by atoms with Crippen molar-refractivity contribution in [1.29, 1.82) is 0 Å². The molecular weight excluding hydrogens is 314 g/mol. The highest BCUT2D eigenvalue weighted by atomic mass is 32.2. The van der Waals surface area contributed by atoms with Crippen molar-refractivity contribution < 1.29 is 18.3 Å². The summed E-state index contributed by atoms with van der Waals surface area (Å²) in [4.78, 5) is 12.4. The third kappa shape index (κ3) is 4.18. The van der Waals surface area contributed by atoms with Gasteiger partial charge in [-0.1, -0.05) is 37.3 Å². The fourth-order valence-electron chi connectivity index (χ4n) is 2.14. The van der Waals surface area contributed by atoms with E-state index in [4.69, 9.17) is 0 Å². The van der Waals surface area contributed by atoms with Gasteiger partial charge in [-0.25, -0.2) is 8.42 Å². The summed E-state index contributed by atoms with van der Waals surface area (Å²) in [5, 5.41) is 12.3. The normalized spacial score (nSPS) is 12.6. The Labute approximate surface area is 135 Å². The van der Waals surface area contributed by atoms with E-state index in [9.17, 15) is 18.3 Å². The van der Waals surface area contributed by atoms with Crippen molar-refractivity contribution in [2.24, 2.45) is 0 Å². The molecule has 0 aliphatic carbocycles. The first-order chi connectivity index (χ1) is 11.0. The third-order valence-corrected chi connectivity index (χ3v) is 5.30. The smallest absolute Gasteiger partial charge is 0.251 e. The Kier molecular flexibility index (Phi) is 5.52. The highest BCUT2D eigenvalue weighted by Crippen LogP contribution is 2.18. The van der Waals surface area contributed by atoms with Crippen molar-refractivity contribution in [3.8, 4) is 0 Å². The Bertz CT molecular complexity index is 755. The van der Waals surface area contributed by atoms with Gasteiger partial charge in [0.1, 0.15) is 0 Å². The van der Waals surface area contributed by atoms with Crippen LogP contribution in [0.4, 0.5) is 0 Å². The highest BCUT2D eigenvalue weighted by Gasteiger charge is 2.16. The molecule has 1 atom stereocenters. The molecule has 5 nitrogen and oxygen atoms in total. The first kappa shape index (κ1) is 17.2. The second kappa shape index (κ2) is 7.39. The summed E-state index contributed by atoms with van der Waals surface area (Å²) >= 11 is 0. The molecule has 2 N–H and O–H groups in total. The van der Waals surface area contributed by atoms with Crippen molar-refractivity contribution >= 4 is 15.7 Å². The maximum atomic E-state index is 12.1. The zero-order valence-electron chi connectivity index (χ0n) is 12.8. The summed E-state index contributed by atoms with van der Waals surface area (Å²) in [5.41, 5.74) is 1.14. The molecule has 0 aliphatic rings. The number of carbonyl (C=O) groups excluding carboxylic acids is 1. The van der Waals surface area contributed by atoms with Gasteiger partial charge in [0.15, 0.2) is 9.84 Å². The summed E-state index contributed by atoms with van der Waals surface area (Å²) in [7, 11) is -3.26. The van der Waals surface area contributed by atoms with Crippen molar-refractivity contribution in [1.82, 2.24) is 5.32 Å². The number of benzene rings is 2. The minimum atomic E-state index is -3.26. The highest BCUT2D eigenvalue weighted by molar-refractivity contribution is 7.91. The monoisotopic (exact) mass is 333 g/mol. The Morgan fingerprint density at radius 2 is 1.70 bits per heavy atom. The van der Waals surface area contributed by atoms with Crippen LogP contribution >= 0.6 is 0 Å². The molecular formula is C17H19NO4S. The summed E-state index contributed by atoms with van der Waals surface area (Å²) in [6.07, 6.45) is 0. The van der Waals surface area contributed by atoms with Gasteiger partial charge in [0.25, 0.3) is 5.91 Å². The third-order valence-electron chi connectivity index (χ3n) is 3.55. The van der Waals surface area contributed by atoms with E-state index in [0.717, 1.165) is 0 Å². The largest absolute Gasteiger partial charge is 0.394 e. The van der Waals surface area contributed by atoms with Crippen LogP contribution in [-0.2, 0) is 9.84 Å². The fraction of sp³-hybridized carbons (Fsp3) is 0.235. The first-order valence-electron chi connectivity index (χ1n) is 7.27. The Balaban J connectivity index is 2.17. The van der Waals surface area contributed by atoms with Crippen LogP contribution in [0.1, 0.15) is 28.9 Å². The molecule has 6 heteroatoms. The number of hydrogen-bond acceptors (Lipinski definition) is 4. The molecule has 0 fully saturated rings. The van der Waals surface area contributed by atoms with Gasteiger partial charge < -0.3 is 10.4 Å². The van der Waals surface area contributed by atoms with Crippen molar-refractivity contribution in [3.63, 3.8) is 0 Å². The molecule has 23 heavy (non-hydrogen) atoms. The average Bonchev–Trinajstić information content (AvgIpc) is 2.60. The van der Waals surface area contributed by atoms with E-state index < -0.39 is 15.9 Å². The van der Waals surface area contributed by atoms with E-state index in [1.54, 1.807) is 43.3 Å². The molecule has 0 radical (unpaired) electrons. The molecule has 0 saturated carbocycles. The fourth-order valence-corrected chi connectivity index (χ4v) is 3.02. The van der Waals surface area contributed by atoms with E-state index in [0.29, 0.717) is 11.1 Å². The van der Waals surface area contributed by atoms with E-state index in [2.05, 4.69) is 5.32 Å². The van der Waals surface area contributed by atoms with Gasteiger partial charge in [0.2, 0.25) is 0 Å². The van der Waals surface area contributed by atoms with Gasteiger partial charge in [-0.15, -0.1) is 0 Å². The summed E-state index contributed by atoms with van der Waals surface area (Å²) < 4.78 is 23.6. The van der Waals surface area contributed by atoms with Gasteiger partial charge in [0.05, 0.1) is 23.3 Å². The molecule has 2 aromatic carbocycles. The van der Waals surface area contributed by atoms with E-state index >= 15 is 0 Å². The zero-order chi connectivity index (χ0) is 16.9. The molecule has 2 rings (SSSR count). The summed E-state index contributed by atoms with van der Waals surface area (Å²) in [6.45, 7) is 1.30. The second-order valence-corrected chi connectivity index (χ2v) is 7.33. The van der Waals surface area contributed by atoms with Gasteiger partial charge >= 0.3 is 0 Å². The van der Waals surface area contributed by atoms with Crippen LogP contribution in [0.2, 0.25) is 0 Å². The molecule has 122 valence electrons. The molecule has 0 spiro atoms. The maximum absolute atomic E-state index is 12.1. The molecule has 0 aliphatic heterocycles. The van der Waals surface area contributed by atoms with E-state index in [-0.39, 0.29) is 23.2 Å². The number of aliphatic hydroxyl groups is 1. The molecule has 2 aromatic rings. The zero-order valence-corrected chi connectivity index (χ0v) is 13.6. The van der Waals surface area contributed by atoms with Crippen LogP contribution < -0.4 is 5.32 Å². The lowest BCUT2D eigenvalue weighted by Crippen LogP contribution is -2.30. The summed E-state index contributed by atoms with van der Waals surface area (Å²) in [5.74, 6) is -0.268. The van der Waals surface area contributed by atoms with Gasteiger partial charge in [0, 0.05) is 5.56 Å². The predicted octanol–water partition coefficient (Wildman–Crippen LogP) is 1.94. The molecule has 0 aromatic heterocycles. The lowest BCUT2D eigenvalue weighted by Gasteiger charge is -2.17. The second-order valence-electron chi connectivity index (χ2n) is 5.05. The van der Waals surface area contributed by atoms with E-state index in [1.807, 2.05) is 6.07 Å². The van der Waals surface area contributed by atoms with Crippen molar-refractivity contribution in [2.45, 2.75) is 17.9 Å². The van der Waals surface area contributed by atoms with Gasteiger partial charge in [-0.05, 0) is 29.8 Å². The average molecular weight is 333 g/mol. The number of sulfone groups is 1. The molecule has 0 heterocycles. The van der Waals surface area contributed by atoms with Gasteiger partial charge in [-0.2, -0.15) is 0 Å². The lowest BCUT2D eigenvalue weighted by atomic mass is 10.1. The van der Waals surface area contributed by atoms with Crippen LogP contribution in [0.25, 0.3) is 0 Å². The van der Waals surface area contributed by atoms with Crippen LogP contribution in [0.15, 0.2) is 59.5 Å². The Hall–Kier alpha value is -2.18. The lowest BCUT2D eigenvalue weighted by molar-refractivity contribution is 0.0916. The topological polar surface area (TPSA) is 83.5 Å².